The maximum atomic E-state index is 5.92. The molecule has 0 aromatic carbocycles. The van der Waals surface area contributed by atoms with Crippen molar-refractivity contribution in [3.8, 4) is 0 Å². The topological polar surface area (TPSA) is 24.5 Å². The van der Waals surface area contributed by atoms with Crippen LogP contribution in [0.4, 0.5) is 0 Å². The van der Waals surface area contributed by atoms with Crippen molar-refractivity contribution in [3.05, 3.63) is 0 Å². The number of fused-ring (bicyclic) bond motifs is 1. The Bertz CT molecular complexity index is 253. The van der Waals surface area contributed by atoms with Gasteiger partial charge in [-0.3, -0.25) is 0 Å². The van der Waals surface area contributed by atoms with Gasteiger partial charge in [0.1, 0.15) is 0 Å². The van der Waals surface area contributed by atoms with Crippen LogP contribution in [0, 0.1) is 11.3 Å². The molecule has 3 atom stereocenters. The summed E-state index contributed by atoms with van der Waals surface area (Å²) in [6, 6.07) is 0.662. The Kier molecular flexibility index (Phi) is 4.11. The first-order chi connectivity index (χ1) is 8.03. The highest BCUT2D eigenvalue weighted by Gasteiger charge is 2.57. The molecule has 2 aliphatic rings. The number of nitrogens with zero attached hydrogens (tertiary/aromatic N) is 1. The van der Waals surface area contributed by atoms with E-state index in [-0.39, 0.29) is 0 Å². The molecule has 2 fully saturated rings. The lowest BCUT2D eigenvalue weighted by molar-refractivity contribution is -0.192. The van der Waals surface area contributed by atoms with Crippen LogP contribution in [0.15, 0.2) is 0 Å². The van der Waals surface area contributed by atoms with Crippen LogP contribution in [-0.2, 0) is 4.74 Å². The van der Waals surface area contributed by atoms with Gasteiger partial charge in [0.2, 0.25) is 0 Å². The fourth-order valence-corrected chi connectivity index (χ4v) is 3.59. The molecule has 0 aromatic rings. The highest BCUT2D eigenvalue weighted by molar-refractivity contribution is 5.10. The van der Waals surface area contributed by atoms with Gasteiger partial charge in [0.25, 0.3) is 0 Å². The van der Waals surface area contributed by atoms with Crippen molar-refractivity contribution in [2.24, 2.45) is 11.3 Å². The van der Waals surface area contributed by atoms with Crippen LogP contribution in [0.2, 0.25) is 0 Å². The van der Waals surface area contributed by atoms with Crippen molar-refractivity contribution in [3.63, 3.8) is 0 Å². The second kappa shape index (κ2) is 5.25. The van der Waals surface area contributed by atoms with Crippen molar-refractivity contribution in [1.29, 1.82) is 0 Å². The monoisotopic (exact) mass is 240 g/mol. The summed E-state index contributed by atoms with van der Waals surface area (Å²) in [6.45, 7) is 7.98. The van der Waals surface area contributed by atoms with Gasteiger partial charge in [-0.2, -0.15) is 0 Å². The highest BCUT2D eigenvalue weighted by Crippen LogP contribution is 2.51. The molecule has 1 aliphatic carbocycles. The van der Waals surface area contributed by atoms with Gasteiger partial charge < -0.3 is 15.0 Å². The Morgan fingerprint density at radius 3 is 2.82 bits per heavy atom. The lowest BCUT2D eigenvalue weighted by Crippen LogP contribution is -2.69. The van der Waals surface area contributed by atoms with Crippen LogP contribution in [0.5, 0.6) is 0 Å². The fraction of sp³-hybridized carbons (Fsp3) is 1.00. The predicted octanol–water partition coefficient (Wildman–Crippen LogP) is 1.73. The lowest BCUT2D eigenvalue weighted by Gasteiger charge is -2.60. The minimum Gasteiger partial charge on any atom is -0.377 e. The molecule has 0 radical (unpaired) electrons. The van der Waals surface area contributed by atoms with Crippen LogP contribution in [0.25, 0.3) is 0 Å². The zero-order valence-electron chi connectivity index (χ0n) is 11.8. The summed E-state index contributed by atoms with van der Waals surface area (Å²) in [5.74, 6) is 0.762. The Morgan fingerprint density at radius 2 is 2.12 bits per heavy atom. The van der Waals surface area contributed by atoms with Gasteiger partial charge in [0.15, 0.2) is 0 Å². The molecular formula is C14H28N2O. The summed E-state index contributed by atoms with van der Waals surface area (Å²) >= 11 is 0. The number of hydrogen-bond donors (Lipinski definition) is 1. The smallest absolute Gasteiger partial charge is 0.0684 e. The van der Waals surface area contributed by atoms with E-state index in [1.807, 2.05) is 0 Å². The van der Waals surface area contributed by atoms with Crippen LogP contribution in [0.1, 0.15) is 33.1 Å². The van der Waals surface area contributed by atoms with Crippen LogP contribution >= 0.6 is 0 Å². The number of rotatable bonds is 5. The van der Waals surface area contributed by atoms with Crippen molar-refractivity contribution in [1.82, 2.24) is 10.2 Å². The molecule has 3 unspecified atom stereocenters. The fourth-order valence-electron chi connectivity index (χ4n) is 3.59. The van der Waals surface area contributed by atoms with E-state index in [1.165, 1.54) is 25.8 Å². The van der Waals surface area contributed by atoms with Gasteiger partial charge in [-0.25, -0.2) is 0 Å². The quantitative estimate of drug-likeness (QED) is 0.741. The van der Waals surface area contributed by atoms with Gasteiger partial charge in [0, 0.05) is 24.0 Å². The first-order valence-electron chi connectivity index (χ1n) is 7.03. The molecule has 1 saturated heterocycles. The van der Waals surface area contributed by atoms with E-state index < -0.39 is 0 Å². The minimum absolute atomic E-state index is 0.323. The van der Waals surface area contributed by atoms with Crippen molar-refractivity contribution in [2.75, 3.05) is 33.8 Å². The summed E-state index contributed by atoms with van der Waals surface area (Å²) in [4.78, 5) is 2.25. The first kappa shape index (κ1) is 13.3. The van der Waals surface area contributed by atoms with Crippen LogP contribution in [0.3, 0.4) is 0 Å². The molecule has 0 bridgehead atoms. The molecule has 0 amide bonds. The summed E-state index contributed by atoms with van der Waals surface area (Å²) < 4.78 is 5.92. The van der Waals surface area contributed by atoms with E-state index in [1.54, 1.807) is 0 Å². The first-order valence-corrected chi connectivity index (χ1v) is 7.03. The Hall–Kier alpha value is -0.120. The zero-order chi connectivity index (χ0) is 12.5. The van der Waals surface area contributed by atoms with Gasteiger partial charge in [0.05, 0.1) is 6.10 Å². The third-order valence-corrected chi connectivity index (χ3v) is 4.48. The SMILES string of the molecule is CN(C)CCCNC1C2CCCOC2C1(C)C. The third kappa shape index (κ3) is 2.67. The highest BCUT2D eigenvalue weighted by atomic mass is 16.5. The predicted molar refractivity (Wildman–Crippen MR) is 71.2 cm³/mol. The molecule has 0 spiro atoms. The molecule has 1 saturated carbocycles. The van der Waals surface area contributed by atoms with Crippen molar-refractivity contribution < 1.29 is 4.74 Å². The standard InChI is InChI=1S/C14H28N2O/c1-14(2)12(15-8-6-9-16(3)4)11-7-5-10-17-13(11)14/h11-13,15H,5-10H2,1-4H3. The molecule has 1 heterocycles. The molecule has 1 aliphatic heterocycles. The third-order valence-electron chi connectivity index (χ3n) is 4.48. The molecule has 100 valence electrons. The van der Waals surface area contributed by atoms with Gasteiger partial charge >= 0.3 is 0 Å². The molecular weight excluding hydrogens is 212 g/mol. The summed E-state index contributed by atoms with van der Waals surface area (Å²) in [7, 11) is 4.27. The van der Waals surface area contributed by atoms with Gasteiger partial charge in [-0.05, 0) is 46.4 Å². The molecule has 2 rings (SSSR count). The molecule has 1 N–H and O–H groups in total. The maximum Gasteiger partial charge on any atom is 0.0684 e. The largest absolute Gasteiger partial charge is 0.377 e. The Labute approximate surface area is 106 Å². The number of ether oxygens (including phenoxy) is 1. The minimum atomic E-state index is 0.323. The Balaban J connectivity index is 1.76. The lowest BCUT2D eigenvalue weighted by atomic mass is 9.55. The van der Waals surface area contributed by atoms with Gasteiger partial charge in [-0.1, -0.05) is 13.8 Å². The number of hydrogen-bond acceptors (Lipinski definition) is 3. The van der Waals surface area contributed by atoms with E-state index in [4.69, 9.17) is 4.74 Å². The molecule has 3 nitrogen and oxygen atoms in total. The van der Waals surface area contributed by atoms with E-state index in [0.29, 0.717) is 17.6 Å². The zero-order valence-corrected chi connectivity index (χ0v) is 11.8. The second-order valence-corrected chi connectivity index (χ2v) is 6.51. The maximum absolute atomic E-state index is 5.92. The summed E-state index contributed by atoms with van der Waals surface area (Å²) in [6.07, 6.45) is 4.33. The number of nitrogens with one attached hydrogen (secondary N) is 1. The van der Waals surface area contributed by atoms with E-state index in [0.717, 1.165) is 19.1 Å². The van der Waals surface area contributed by atoms with E-state index in [2.05, 4.69) is 38.2 Å². The van der Waals surface area contributed by atoms with E-state index in [9.17, 15) is 0 Å². The van der Waals surface area contributed by atoms with Crippen molar-refractivity contribution >= 4 is 0 Å². The average molecular weight is 240 g/mol. The molecule has 0 aromatic heterocycles. The summed E-state index contributed by atoms with van der Waals surface area (Å²) in [5.41, 5.74) is 0.323. The van der Waals surface area contributed by atoms with Gasteiger partial charge in [-0.15, -0.1) is 0 Å². The molecule has 3 heteroatoms. The van der Waals surface area contributed by atoms with E-state index >= 15 is 0 Å². The Morgan fingerprint density at radius 1 is 1.35 bits per heavy atom. The van der Waals surface area contributed by atoms with Crippen LogP contribution < -0.4 is 5.32 Å². The normalized spacial score (nSPS) is 35.5. The van der Waals surface area contributed by atoms with Crippen molar-refractivity contribution in [2.45, 2.75) is 45.3 Å². The second-order valence-electron chi connectivity index (χ2n) is 6.51. The van der Waals surface area contributed by atoms with Crippen LogP contribution in [-0.4, -0.2) is 50.8 Å². The average Bonchev–Trinajstić information content (AvgIpc) is 2.28. The summed E-state index contributed by atoms with van der Waals surface area (Å²) in [5, 5.41) is 3.76. The molecule has 17 heavy (non-hydrogen) atoms.